The summed E-state index contributed by atoms with van der Waals surface area (Å²) >= 11 is 0. The Kier molecular flexibility index (Phi) is 8.08. The highest BCUT2D eigenvalue weighted by atomic mass is 15.1. The standard InChI is InChI=1S/C17H37N3/c1-17(2,3)18-11-8-6-7-9-12-19(4)14-16-10-13-20(5)15-16/h16,18H,6-15H2,1-5H3. The molecule has 1 aliphatic rings. The van der Waals surface area contributed by atoms with Crippen molar-refractivity contribution in [2.24, 2.45) is 5.92 Å². The molecule has 20 heavy (non-hydrogen) atoms. The lowest BCUT2D eigenvalue weighted by molar-refractivity contribution is 0.268. The van der Waals surface area contributed by atoms with Crippen molar-refractivity contribution in [3.05, 3.63) is 0 Å². The molecule has 1 saturated heterocycles. The second kappa shape index (κ2) is 9.01. The van der Waals surface area contributed by atoms with Crippen LogP contribution in [0.15, 0.2) is 0 Å². The molecule has 120 valence electrons. The van der Waals surface area contributed by atoms with Crippen LogP contribution in [0.4, 0.5) is 0 Å². The van der Waals surface area contributed by atoms with Gasteiger partial charge in [-0.15, -0.1) is 0 Å². The molecule has 0 spiro atoms. The van der Waals surface area contributed by atoms with Gasteiger partial charge in [0.15, 0.2) is 0 Å². The third kappa shape index (κ3) is 8.93. The van der Waals surface area contributed by atoms with E-state index in [1.807, 2.05) is 0 Å². The van der Waals surface area contributed by atoms with Crippen LogP contribution < -0.4 is 5.32 Å². The van der Waals surface area contributed by atoms with Gasteiger partial charge in [0, 0.05) is 18.6 Å². The summed E-state index contributed by atoms with van der Waals surface area (Å²) in [6, 6.07) is 0. The Morgan fingerprint density at radius 2 is 1.85 bits per heavy atom. The highest BCUT2D eigenvalue weighted by molar-refractivity contribution is 4.75. The first-order chi connectivity index (χ1) is 9.37. The molecule has 0 saturated carbocycles. The van der Waals surface area contributed by atoms with E-state index in [9.17, 15) is 0 Å². The van der Waals surface area contributed by atoms with Gasteiger partial charge in [0.1, 0.15) is 0 Å². The lowest BCUT2D eigenvalue weighted by Crippen LogP contribution is -2.36. The number of likely N-dealkylation sites (tertiary alicyclic amines) is 1. The molecule has 0 bridgehead atoms. The Balaban J connectivity index is 1.90. The molecule has 0 amide bonds. The van der Waals surface area contributed by atoms with Gasteiger partial charge in [-0.05, 0) is 79.7 Å². The van der Waals surface area contributed by atoms with Crippen LogP contribution in [0.25, 0.3) is 0 Å². The average molecular weight is 284 g/mol. The van der Waals surface area contributed by atoms with Crippen LogP contribution in [0.1, 0.15) is 52.9 Å². The fraction of sp³-hybridized carbons (Fsp3) is 1.00. The zero-order valence-electron chi connectivity index (χ0n) is 14.5. The maximum absolute atomic E-state index is 3.56. The first kappa shape index (κ1) is 17.9. The number of unbranched alkanes of at least 4 members (excludes halogenated alkanes) is 3. The van der Waals surface area contributed by atoms with Gasteiger partial charge in [-0.25, -0.2) is 0 Å². The van der Waals surface area contributed by atoms with Crippen LogP contribution in [-0.2, 0) is 0 Å². The molecule has 0 radical (unpaired) electrons. The van der Waals surface area contributed by atoms with Crippen LogP contribution in [0.3, 0.4) is 0 Å². The first-order valence-corrected chi connectivity index (χ1v) is 8.49. The normalized spacial score (nSPS) is 21.0. The molecule has 1 unspecified atom stereocenters. The predicted octanol–water partition coefficient (Wildman–Crippen LogP) is 2.82. The van der Waals surface area contributed by atoms with Crippen LogP contribution >= 0.6 is 0 Å². The molecule has 1 atom stereocenters. The number of hydrogen-bond donors (Lipinski definition) is 1. The second-order valence-electron chi connectivity index (χ2n) is 7.77. The third-order valence-electron chi connectivity index (χ3n) is 4.18. The van der Waals surface area contributed by atoms with Gasteiger partial charge in [0.25, 0.3) is 0 Å². The van der Waals surface area contributed by atoms with E-state index in [1.165, 1.54) is 58.3 Å². The second-order valence-corrected chi connectivity index (χ2v) is 7.77. The molecule has 1 N–H and O–H groups in total. The summed E-state index contributed by atoms with van der Waals surface area (Å²) in [5, 5.41) is 3.56. The predicted molar refractivity (Wildman–Crippen MR) is 89.3 cm³/mol. The van der Waals surface area contributed by atoms with Crippen molar-refractivity contribution < 1.29 is 0 Å². The Hall–Kier alpha value is -0.120. The molecule has 0 aromatic rings. The lowest BCUT2D eigenvalue weighted by Gasteiger charge is -2.21. The van der Waals surface area contributed by atoms with E-state index < -0.39 is 0 Å². The zero-order valence-corrected chi connectivity index (χ0v) is 14.5. The fourth-order valence-electron chi connectivity index (χ4n) is 3.03. The van der Waals surface area contributed by atoms with Crippen molar-refractivity contribution in [2.45, 2.75) is 58.4 Å². The van der Waals surface area contributed by atoms with Crippen LogP contribution in [-0.4, -0.2) is 62.2 Å². The first-order valence-electron chi connectivity index (χ1n) is 8.49. The molecule has 1 aliphatic heterocycles. The summed E-state index contributed by atoms with van der Waals surface area (Å²) in [7, 11) is 4.53. The summed E-state index contributed by atoms with van der Waals surface area (Å²) in [5.74, 6) is 0.904. The molecule has 1 rings (SSSR count). The molecular weight excluding hydrogens is 246 g/mol. The molecule has 1 heterocycles. The number of nitrogens with zero attached hydrogens (tertiary/aromatic N) is 2. The smallest absolute Gasteiger partial charge is 0.00965 e. The molecule has 3 nitrogen and oxygen atoms in total. The van der Waals surface area contributed by atoms with Crippen molar-refractivity contribution in [1.29, 1.82) is 0 Å². The molecule has 0 aromatic heterocycles. The molecular formula is C17H37N3. The minimum absolute atomic E-state index is 0.272. The maximum atomic E-state index is 3.56. The van der Waals surface area contributed by atoms with Gasteiger partial charge in [-0.1, -0.05) is 12.8 Å². The van der Waals surface area contributed by atoms with Gasteiger partial charge in [0.05, 0.1) is 0 Å². The van der Waals surface area contributed by atoms with E-state index >= 15 is 0 Å². The van der Waals surface area contributed by atoms with Crippen molar-refractivity contribution >= 4 is 0 Å². The third-order valence-corrected chi connectivity index (χ3v) is 4.18. The number of rotatable bonds is 9. The molecule has 1 fully saturated rings. The van der Waals surface area contributed by atoms with Crippen LogP contribution in [0.2, 0.25) is 0 Å². The minimum atomic E-state index is 0.272. The van der Waals surface area contributed by atoms with E-state index in [0.29, 0.717) is 0 Å². The SMILES string of the molecule is CN(CCCCCCNC(C)(C)C)CC1CCN(C)C1. The van der Waals surface area contributed by atoms with Crippen molar-refractivity contribution in [3.8, 4) is 0 Å². The maximum Gasteiger partial charge on any atom is 0.00965 e. The van der Waals surface area contributed by atoms with Crippen LogP contribution in [0.5, 0.6) is 0 Å². The quantitative estimate of drug-likeness (QED) is 0.657. The van der Waals surface area contributed by atoms with E-state index in [4.69, 9.17) is 0 Å². The van der Waals surface area contributed by atoms with Gasteiger partial charge >= 0.3 is 0 Å². The topological polar surface area (TPSA) is 18.5 Å². The van der Waals surface area contributed by atoms with E-state index in [0.717, 1.165) is 12.5 Å². The van der Waals surface area contributed by atoms with Gasteiger partial charge in [-0.2, -0.15) is 0 Å². The largest absolute Gasteiger partial charge is 0.312 e. The molecule has 0 aliphatic carbocycles. The monoisotopic (exact) mass is 283 g/mol. The Bertz CT molecular complexity index is 247. The lowest BCUT2D eigenvalue weighted by atomic mass is 10.1. The van der Waals surface area contributed by atoms with Crippen molar-refractivity contribution in [1.82, 2.24) is 15.1 Å². The summed E-state index contributed by atoms with van der Waals surface area (Å²) in [5.41, 5.74) is 0.272. The molecule has 0 aromatic carbocycles. The van der Waals surface area contributed by atoms with E-state index in [-0.39, 0.29) is 5.54 Å². The van der Waals surface area contributed by atoms with Gasteiger partial charge < -0.3 is 15.1 Å². The summed E-state index contributed by atoms with van der Waals surface area (Å²) in [6.45, 7) is 13.0. The zero-order chi connectivity index (χ0) is 15.0. The number of hydrogen-bond acceptors (Lipinski definition) is 3. The van der Waals surface area contributed by atoms with E-state index in [1.54, 1.807) is 0 Å². The summed E-state index contributed by atoms with van der Waals surface area (Å²) < 4.78 is 0. The Morgan fingerprint density at radius 1 is 1.15 bits per heavy atom. The fourth-order valence-corrected chi connectivity index (χ4v) is 3.03. The Morgan fingerprint density at radius 3 is 2.45 bits per heavy atom. The highest BCUT2D eigenvalue weighted by Crippen LogP contribution is 2.15. The van der Waals surface area contributed by atoms with E-state index in [2.05, 4.69) is 50.0 Å². The Labute approximate surface area is 127 Å². The van der Waals surface area contributed by atoms with Crippen molar-refractivity contribution in [3.63, 3.8) is 0 Å². The summed E-state index contributed by atoms with van der Waals surface area (Å²) in [6.07, 6.45) is 6.80. The average Bonchev–Trinajstić information content (AvgIpc) is 2.72. The van der Waals surface area contributed by atoms with Crippen molar-refractivity contribution in [2.75, 3.05) is 46.8 Å². The minimum Gasteiger partial charge on any atom is -0.312 e. The highest BCUT2D eigenvalue weighted by Gasteiger charge is 2.20. The summed E-state index contributed by atoms with van der Waals surface area (Å²) in [4.78, 5) is 5.00. The number of nitrogens with one attached hydrogen (secondary N) is 1. The van der Waals surface area contributed by atoms with Gasteiger partial charge in [0.2, 0.25) is 0 Å². The molecule has 3 heteroatoms. The van der Waals surface area contributed by atoms with Crippen LogP contribution in [0, 0.1) is 5.92 Å². The van der Waals surface area contributed by atoms with Gasteiger partial charge in [-0.3, -0.25) is 0 Å².